The predicted octanol–water partition coefficient (Wildman–Crippen LogP) is 2.80. The summed E-state index contributed by atoms with van der Waals surface area (Å²) in [6.45, 7) is 3.54. The van der Waals surface area contributed by atoms with Crippen molar-refractivity contribution in [3.05, 3.63) is 63.8 Å². The quantitative estimate of drug-likeness (QED) is 0.610. The summed E-state index contributed by atoms with van der Waals surface area (Å²) in [5, 5.41) is 14.3. The first kappa shape index (κ1) is 17.8. The number of nitrogens with one attached hydrogen (secondary N) is 1. The number of likely N-dealkylation sites (tertiary alicyclic amines) is 1. The standard InChI is InChI=1S/C19H22N4O3/c1-14-7-9-20-19(18(14)23(25)26)21-12-16-11-17(24)22(13-16)10-8-15-5-3-2-4-6-15/h2-7,9,16H,8,10-13H2,1H3,(H,20,21). The van der Waals surface area contributed by atoms with Gasteiger partial charge in [-0.25, -0.2) is 4.98 Å². The number of rotatable bonds is 7. The predicted molar refractivity (Wildman–Crippen MR) is 99.0 cm³/mol. The minimum absolute atomic E-state index is 0.00208. The molecule has 2 heterocycles. The molecule has 0 saturated carbocycles. The van der Waals surface area contributed by atoms with Crippen molar-refractivity contribution in [1.29, 1.82) is 0 Å². The minimum atomic E-state index is -0.420. The Labute approximate surface area is 152 Å². The van der Waals surface area contributed by atoms with Crippen molar-refractivity contribution < 1.29 is 9.72 Å². The third-order valence-electron chi connectivity index (χ3n) is 4.67. The highest BCUT2D eigenvalue weighted by Gasteiger charge is 2.29. The van der Waals surface area contributed by atoms with Crippen LogP contribution in [0.2, 0.25) is 0 Å². The molecule has 1 aromatic heterocycles. The van der Waals surface area contributed by atoms with Gasteiger partial charge in [-0.3, -0.25) is 14.9 Å². The van der Waals surface area contributed by atoms with Crippen LogP contribution in [0.25, 0.3) is 0 Å². The second-order valence-electron chi connectivity index (χ2n) is 6.61. The Morgan fingerprint density at radius 1 is 1.31 bits per heavy atom. The van der Waals surface area contributed by atoms with E-state index in [1.165, 1.54) is 5.56 Å². The van der Waals surface area contributed by atoms with Gasteiger partial charge in [0.2, 0.25) is 11.7 Å². The highest BCUT2D eigenvalue weighted by atomic mass is 16.6. The van der Waals surface area contributed by atoms with E-state index in [0.717, 1.165) is 6.42 Å². The summed E-state index contributed by atoms with van der Waals surface area (Å²) in [4.78, 5) is 29.0. The van der Waals surface area contributed by atoms with Crippen LogP contribution >= 0.6 is 0 Å². The normalized spacial score (nSPS) is 16.7. The molecular formula is C19H22N4O3. The van der Waals surface area contributed by atoms with Crippen LogP contribution < -0.4 is 5.32 Å². The van der Waals surface area contributed by atoms with Gasteiger partial charge in [-0.2, -0.15) is 0 Å². The maximum absolute atomic E-state index is 12.2. The Balaban J connectivity index is 1.55. The zero-order chi connectivity index (χ0) is 18.5. The maximum Gasteiger partial charge on any atom is 0.314 e. The molecule has 7 heteroatoms. The topological polar surface area (TPSA) is 88.4 Å². The number of carbonyl (C=O) groups excluding carboxylic acids is 1. The van der Waals surface area contributed by atoms with Crippen LogP contribution in [0, 0.1) is 23.0 Å². The molecule has 1 amide bonds. The number of amides is 1. The van der Waals surface area contributed by atoms with Crippen LogP contribution in [0.15, 0.2) is 42.6 Å². The summed E-state index contributed by atoms with van der Waals surface area (Å²) in [7, 11) is 0. The molecule has 0 aliphatic carbocycles. The van der Waals surface area contributed by atoms with Crippen molar-refractivity contribution in [1.82, 2.24) is 9.88 Å². The molecule has 1 aliphatic heterocycles. The lowest BCUT2D eigenvalue weighted by molar-refractivity contribution is -0.384. The second kappa shape index (κ2) is 7.95. The smallest absolute Gasteiger partial charge is 0.314 e. The molecule has 3 rings (SSSR count). The molecule has 1 aliphatic rings. The lowest BCUT2D eigenvalue weighted by atomic mass is 10.1. The molecule has 7 nitrogen and oxygen atoms in total. The number of anilines is 1. The summed E-state index contributed by atoms with van der Waals surface area (Å²) in [5.74, 6) is 0.532. The molecule has 1 atom stereocenters. The summed E-state index contributed by atoms with van der Waals surface area (Å²) in [5.41, 5.74) is 1.78. The number of nitro groups is 1. The average Bonchev–Trinajstić information content (AvgIpc) is 2.98. The van der Waals surface area contributed by atoms with E-state index in [2.05, 4.69) is 22.4 Å². The van der Waals surface area contributed by atoms with Gasteiger partial charge in [0.25, 0.3) is 0 Å². The fraction of sp³-hybridized carbons (Fsp3) is 0.368. The van der Waals surface area contributed by atoms with Gasteiger partial charge < -0.3 is 10.2 Å². The molecule has 2 aromatic rings. The molecule has 1 aromatic carbocycles. The van der Waals surface area contributed by atoms with Gasteiger partial charge in [0.15, 0.2) is 0 Å². The first-order chi connectivity index (χ1) is 12.5. The van der Waals surface area contributed by atoms with E-state index < -0.39 is 4.92 Å². The minimum Gasteiger partial charge on any atom is -0.364 e. The fourth-order valence-electron chi connectivity index (χ4n) is 3.27. The van der Waals surface area contributed by atoms with Crippen LogP contribution in [-0.2, 0) is 11.2 Å². The Morgan fingerprint density at radius 2 is 2.08 bits per heavy atom. The lowest BCUT2D eigenvalue weighted by Gasteiger charge is -2.17. The number of pyridine rings is 1. The van der Waals surface area contributed by atoms with Crippen LogP contribution in [0.1, 0.15) is 17.5 Å². The number of carbonyl (C=O) groups is 1. The van der Waals surface area contributed by atoms with E-state index >= 15 is 0 Å². The van der Waals surface area contributed by atoms with Crippen LogP contribution in [0.3, 0.4) is 0 Å². The number of hydrogen-bond acceptors (Lipinski definition) is 5. The van der Waals surface area contributed by atoms with Gasteiger partial charge in [0.05, 0.1) is 4.92 Å². The van der Waals surface area contributed by atoms with Crippen LogP contribution in [-0.4, -0.2) is 40.3 Å². The van der Waals surface area contributed by atoms with Crippen molar-refractivity contribution in [3.8, 4) is 0 Å². The van der Waals surface area contributed by atoms with E-state index in [1.54, 1.807) is 19.2 Å². The summed E-state index contributed by atoms with van der Waals surface area (Å²) in [6, 6.07) is 11.7. The monoisotopic (exact) mass is 354 g/mol. The molecule has 1 saturated heterocycles. The number of aromatic nitrogens is 1. The van der Waals surface area contributed by atoms with Gasteiger partial charge in [-0.15, -0.1) is 0 Å². The lowest BCUT2D eigenvalue weighted by Crippen LogP contribution is -2.28. The second-order valence-corrected chi connectivity index (χ2v) is 6.61. The highest BCUT2D eigenvalue weighted by Crippen LogP contribution is 2.26. The Morgan fingerprint density at radius 3 is 2.81 bits per heavy atom. The van der Waals surface area contributed by atoms with Crippen molar-refractivity contribution in [2.45, 2.75) is 19.8 Å². The largest absolute Gasteiger partial charge is 0.364 e. The van der Waals surface area contributed by atoms with E-state index in [4.69, 9.17) is 0 Å². The number of hydrogen-bond donors (Lipinski definition) is 1. The van der Waals surface area contributed by atoms with Crippen LogP contribution in [0.4, 0.5) is 11.5 Å². The molecule has 0 bridgehead atoms. The molecule has 136 valence electrons. The zero-order valence-corrected chi connectivity index (χ0v) is 14.7. The van der Waals surface area contributed by atoms with Gasteiger partial charge >= 0.3 is 5.69 Å². The molecule has 0 spiro atoms. The molecule has 1 unspecified atom stereocenters. The maximum atomic E-state index is 12.2. The third kappa shape index (κ3) is 4.17. The van der Waals surface area contributed by atoms with Crippen molar-refractivity contribution in [2.75, 3.05) is 25.0 Å². The van der Waals surface area contributed by atoms with Gasteiger partial charge in [0, 0.05) is 43.7 Å². The number of aryl methyl sites for hydroxylation is 1. The summed E-state index contributed by atoms with van der Waals surface area (Å²) < 4.78 is 0. The van der Waals surface area contributed by atoms with Crippen molar-refractivity contribution >= 4 is 17.4 Å². The first-order valence-electron chi connectivity index (χ1n) is 8.70. The van der Waals surface area contributed by atoms with Gasteiger partial charge in [-0.1, -0.05) is 30.3 Å². The average molecular weight is 354 g/mol. The first-order valence-corrected chi connectivity index (χ1v) is 8.70. The molecule has 1 N–H and O–H groups in total. The summed E-state index contributed by atoms with van der Waals surface area (Å²) in [6.07, 6.45) is 2.84. The molecular weight excluding hydrogens is 332 g/mol. The summed E-state index contributed by atoms with van der Waals surface area (Å²) >= 11 is 0. The van der Waals surface area contributed by atoms with Crippen LogP contribution in [0.5, 0.6) is 0 Å². The molecule has 0 radical (unpaired) electrons. The Hall–Kier alpha value is -2.96. The fourth-order valence-corrected chi connectivity index (χ4v) is 3.27. The Kier molecular flexibility index (Phi) is 5.46. The number of benzene rings is 1. The van der Waals surface area contributed by atoms with E-state index in [0.29, 0.717) is 31.6 Å². The van der Waals surface area contributed by atoms with E-state index in [1.807, 2.05) is 23.1 Å². The number of nitrogens with zero attached hydrogens (tertiary/aromatic N) is 3. The van der Waals surface area contributed by atoms with Crippen molar-refractivity contribution in [3.63, 3.8) is 0 Å². The SMILES string of the molecule is Cc1ccnc(NCC2CC(=O)N(CCc3ccccc3)C2)c1[N+](=O)[O-]. The van der Waals surface area contributed by atoms with Gasteiger partial charge in [0.1, 0.15) is 0 Å². The van der Waals surface area contributed by atoms with E-state index in [9.17, 15) is 14.9 Å². The zero-order valence-electron chi connectivity index (χ0n) is 14.7. The third-order valence-corrected chi connectivity index (χ3v) is 4.67. The molecule has 1 fully saturated rings. The van der Waals surface area contributed by atoms with Crippen molar-refractivity contribution in [2.24, 2.45) is 5.92 Å². The van der Waals surface area contributed by atoms with Gasteiger partial charge in [-0.05, 0) is 25.0 Å². The Bertz CT molecular complexity index is 795. The molecule has 26 heavy (non-hydrogen) atoms. The highest BCUT2D eigenvalue weighted by molar-refractivity contribution is 5.78. The van der Waals surface area contributed by atoms with E-state index in [-0.39, 0.29) is 23.3 Å².